The summed E-state index contributed by atoms with van der Waals surface area (Å²) in [5, 5.41) is 10.7. The molecule has 10 atom stereocenters. The lowest BCUT2D eigenvalue weighted by atomic mass is 9.30. The van der Waals surface area contributed by atoms with Gasteiger partial charge in [0.25, 0.3) is 0 Å². The van der Waals surface area contributed by atoms with Gasteiger partial charge in [0.05, 0.1) is 0 Å². The van der Waals surface area contributed by atoms with Crippen molar-refractivity contribution in [3.8, 4) is 0 Å². The summed E-state index contributed by atoms with van der Waals surface area (Å²) >= 11 is 0. The third-order valence-electron chi connectivity index (χ3n) is 13.8. The zero-order valence-corrected chi connectivity index (χ0v) is 22.3. The summed E-state index contributed by atoms with van der Waals surface area (Å²) in [6.07, 6.45) is 12.0. The quantitative estimate of drug-likeness (QED) is 0.423. The molecule has 5 fully saturated rings. The molecule has 1 N–H and O–H groups in total. The first kappa shape index (κ1) is 23.4. The number of carbonyl (C=O) groups is 1. The number of fused-ring (bicyclic) bond motifs is 7. The lowest BCUT2D eigenvalue weighted by molar-refractivity contribution is -0.259. The summed E-state index contributed by atoms with van der Waals surface area (Å²) in [5.74, 6) is 2.11. The molecule has 0 amide bonds. The van der Waals surface area contributed by atoms with Gasteiger partial charge in [-0.15, -0.1) is 0 Å². The summed E-state index contributed by atoms with van der Waals surface area (Å²) in [6.45, 7) is 20.1. The molecule has 182 valence electrons. The number of aliphatic hydroxyl groups excluding tert-OH is 1. The molecule has 5 aliphatic carbocycles. The Morgan fingerprint density at radius 1 is 0.719 bits per heavy atom. The molecule has 0 unspecified atom stereocenters. The molecular weight excluding hydrogens is 392 g/mol. The maximum Gasteiger partial charge on any atom is 0.164 e. The van der Waals surface area contributed by atoms with Crippen LogP contribution in [0.3, 0.4) is 0 Å². The maximum absolute atomic E-state index is 12.8. The number of ketones is 1. The molecule has 0 heterocycles. The first-order valence-electron chi connectivity index (χ1n) is 13.8. The molecule has 0 aromatic rings. The second-order valence-electron chi connectivity index (χ2n) is 15.4. The molecule has 0 radical (unpaired) electrons. The van der Waals surface area contributed by atoms with Crippen molar-refractivity contribution < 1.29 is 9.90 Å². The monoisotopic (exact) mass is 442 g/mol. The summed E-state index contributed by atoms with van der Waals surface area (Å²) in [7, 11) is 0. The van der Waals surface area contributed by atoms with Crippen LogP contribution in [0.2, 0.25) is 0 Å². The average molecular weight is 443 g/mol. The largest absolute Gasteiger partial charge is 0.385 e. The van der Waals surface area contributed by atoms with Crippen LogP contribution in [0.15, 0.2) is 0 Å². The molecule has 32 heavy (non-hydrogen) atoms. The molecule has 0 aromatic carbocycles. The highest BCUT2D eigenvalue weighted by atomic mass is 16.3. The second kappa shape index (κ2) is 6.64. The number of carbonyl (C=O) groups excluding carboxylic acids is 1. The predicted octanol–water partition coefficient (Wildman–Crippen LogP) is 7.43. The Morgan fingerprint density at radius 3 is 2.00 bits per heavy atom. The molecule has 5 rings (SSSR count). The van der Waals surface area contributed by atoms with Gasteiger partial charge in [-0.05, 0) is 114 Å². The Morgan fingerprint density at radius 2 is 1.31 bits per heavy atom. The Hall–Kier alpha value is -0.370. The highest BCUT2D eigenvalue weighted by Crippen LogP contribution is 2.78. The highest BCUT2D eigenvalue weighted by molar-refractivity contribution is 5.86. The van der Waals surface area contributed by atoms with Gasteiger partial charge in [-0.25, -0.2) is 0 Å². The van der Waals surface area contributed by atoms with Gasteiger partial charge in [0, 0.05) is 5.92 Å². The number of hydrogen-bond donors (Lipinski definition) is 1. The van der Waals surface area contributed by atoms with Crippen molar-refractivity contribution in [1.82, 2.24) is 0 Å². The minimum atomic E-state index is -0.742. The molecule has 2 heteroatoms. The highest BCUT2D eigenvalue weighted by Gasteiger charge is 2.71. The van der Waals surface area contributed by atoms with Gasteiger partial charge in [-0.2, -0.15) is 0 Å². The van der Waals surface area contributed by atoms with E-state index in [1.807, 2.05) is 0 Å². The molecule has 5 aliphatic rings. The third kappa shape index (κ3) is 2.71. The van der Waals surface area contributed by atoms with E-state index in [1.165, 1.54) is 51.4 Å². The van der Waals surface area contributed by atoms with E-state index >= 15 is 0 Å². The van der Waals surface area contributed by atoms with E-state index in [2.05, 4.69) is 55.4 Å². The van der Waals surface area contributed by atoms with Crippen molar-refractivity contribution in [3.63, 3.8) is 0 Å². The Labute approximate surface area is 197 Å². The van der Waals surface area contributed by atoms with Gasteiger partial charge >= 0.3 is 0 Å². The predicted molar refractivity (Wildman–Crippen MR) is 131 cm³/mol. The molecule has 0 saturated heterocycles. The Kier molecular flexibility index (Phi) is 4.85. The SMILES string of the molecule is C[C@H]1C(=O)[C@H](O)C[C@@H]2[C@]1(C)CC[C@H]1[C@]2(C)CC[C@@]2(C)[C@@H]3CC(C)(C)CC[C@]3(C)CC[C@]12C. The van der Waals surface area contributed by atoms with Crippen molar-refractivity contribution in [2.24, 2.45) is 56.2 Å². The van der Waals surface area contributed by atoms with E-state index in [1.54, 1.807) is 0 Å². The lowest BCUT2D eigenvalue weighted by Gasteiger charge is -2.75. The van der Waals surface area contributed by atoms with Crippen LogP contribution >= 0.6 is 0 Å². The van der Waals surface area contributed by atoms with Crippen molar-refractivity contribution in [2.45, 2.75) is 126 Å². The molecule has 0 spiro atoms. The van der Waals surface area contributed by atoms with Crippen LogP contribution in [0, 0.1) is 56.2 Å². The van der Waals surface area contributed by atoms with Crippen LogP contribution in [0.4, 0.5) is 0 Å². The van der Waals surface area contributed by atoms with Crippen molar-refractivity contribution in [1.29, 1.82) is 0 Å². The van der Waals surface area contributed by atoms with Gasteiger partial charge in [0.2, 0.25) is 0 Å². The average Bonchev–Trinajstić information content (AvgIpc) is 2.72. The van der Waals surface area contributed by atoms with E-state index in [4.69, 9.17) is 0 Å². The van der Waals surface area contributed by atoms with E-state index in [0.717, 1.165) is 12.3 Å². The van der Waals surface area contributed by atoms with Gasteiger partial charge in [0.1, 0.15) is 6.10 Å². The maximum atomic E-state index is 12.8. The topological polar surface area (TPSA) is 37.3 Å². The molecule has 0 aliphatic heterocycles. The van der Waals surface area contributed by atoms with E-state index < -0.39 is 6.10 Å². The third-order valence-corrected chi connectivity index (χ3v) is 13.8. The normalized spacial score (nSPS) is 59.4. The van der Waals surface area contributed by atoms with Crippen molar-refractivity contribution in [3.05, 3.63) is 0 Å². The first-order chi connectivity index (χ1) is 14.6. The molecular formula is C30H50O2. The van der Waals surface area contributed by atoms with E-state index in [0.29, 0.717) is 39.9 Å². The smallest absolute Gasteiger partial charge is 0.164 e. The van der Waals surface area contributed by atoms with Crippen molar-refractivity contribution in [2.75, 3.05) is 0 Å². The standard InChI is InChI=1S/C30H50O2/c1-19-24(32)20(31)17-22-27(19,5)10-9-21-28(22,6)14-16-30(8)23-18-25(2,3)11-12-26(23,4)13-15-29(21,30)7/h19-23,31H,9-18H2,1-8H3/t19-,20+,21-,22+,23+,26+,27+,28-,29+,30-/m0/s1. The van der Waals surface area contributed by atoms with Crippen LogP contribution in [0.1, 0.15) is 120 Å². The van der Waals surface area contributed by atoms with Crippen LogP contribution in [0.5, 0.6) is 0 Å². The molecule has 2 nitrogen and oxygen atoms in total. The minimum absolute atomic E-state index is 0.0102. The number of rotatable bonds is 0. The summed E-state index contributed by atoms with van der Waals surface area (Å²) < 4.78 is 0. The van der Waals surface area contributed by atoms with E-state index in [-0.39, 0.29) is 22.5 Å². The Balaban J connectivity index is 1.55. The fourth-order valence-corrected chi connectivity index (χ4v) is 11.1. The summed E-state index contributed by atoms with van der Waals surface area (Å²) in [5.41, 5.74) is 2.07. The summed E-state index contributed by atoms with van der Waals surface area (Å²) in [6, 6.07) is 0. The lowest BCUT2D eigenvalue weighted by Crippen LogP contribution is -2.68. The summed E-state index contributed by atoms with van der Waals surface area (Å²) in [4.78, 5) is 12.8. The number of hydrogen-bond acceptors (Lipinski definition) is 2. The van der Waals surface area contributed by atoms with Crippen LogP contribution in [0.25, 0.3) is 0 Å². The van der Waals surface area contributed by atoms with Crippen LogP contribution < -0.4 is 0 Å². The molecule has 5 saturated carbocycles. The molecule has 0 bridgehead atoms. The van der Waals surface area contributed by atoms with Crippen molar-refractivity contribution >= 4 is 5.78 Å². The van der Waals surface area contributed by atoms with Gasteiger partial charge < -0.3 is 5.11 Å². The van der Waals surface area contributed by atoms with E-state index in [9.17, 15) is 9.90 Å². The number of aliphatic hydroxyl groups is 1. The van der Waals surface area contributed by atoms with Crippen LogP contribution in [-0.4, -0.2) is 17.0 Å². The van der Waals surface area contributed by atoms with Gasteiger partial charge in [-0.1, -0.05) is 55.4 Å². The molecule has 0 aromatic heterocycles. The zero-order valence-electron chi connectivity index (χ0n) is 22.3. The Bertz CT molecular complexity index is 816. The second-order valence-corrected chi connectivity index (χ2v) is 15.4. The zero-order chi connectivity index (χ0) is 23.5. The number of Topliss-reactive ketones (excluding diaryl/α,β-unsaturated/α-hetero) is 1. The van der Waals surface area contributed by atoms with Gasteiger partial charge in [0.15, 0.2) is 5.78 Å². The van der Waals surface area contributed by atoms with Crippen LogP contribution in [-0.2, 0) is 4.79 Å². The fraction of sp³-hybridized carbons (Fsp3) is 0.967. The van der Waals surface area contributed by atoms with Gasteiger partial charge in [-0.3, -0.25) is 4.79 Å². The fourth-order valence-electron chi connectivity index (χ4n) is 11.1. The first-order valence-corrected chi connectivity index (χ1v) is 13.8. The minimum Gasteiger partial charge on any atom is -0.385 e.